The highest BCUT2D eigenvalue weighted by Gasteiger charge is 2.16. The molecule has 1 N–H and O–H groups in total. The van der Waals surface area contributed by atoms with Gasteiger partial charge in [-0.2, -0.15) is 10.1 Å². The molecule has 30 heavy (non-hydrogen) atoms. The van der Waals surface area contributed by atoms with Crippen molar-refractivity contribution in [3.63, 3.8) is 0 Å². The van der Waals surface area contributed by atoms with Crippen LogP contribution in [-0.2, 0) is 4.79 Å². The number of nitrogens with one attached hydrogen (secondary N) is 1. The molecule has 2 aromatic heterocycles. The molecule has 0 aliphatic carbocycles. The molecule has 0 radical (unpaired) electrons. The minimum absolute atomic E-state index is 0.0957. The van der Waals surface area contributed by atoms with E-state index in [0.29, 0.717) is 11.5 Å². The lowest BCUT2D eigenvalue weighted by Crippen LogP contribution is -2.31. The Morgan fingerprint density at radius 2 is 1.73 bits per heavy atom. The van der Waals surface area contributed by atoms with Crippen LogP contribution in [0.15, 0.2) is 66.7 Å². The van der Waals surface area contributed by atoms with Gasteiger partial charge in [-0.05, 0) is 44.0 Å². The van der Waals surface area contributed by atoms with Crippen molar-refractivity contribution in [2.45, 2.75) is 26.8 Å². The van der Waals surface area contributed by atoms with Gasteiger partial charge in [0.2, 0.25) is 5.88 Å². The van der Waals surface area contributed by atoms with Crippen LogP contribution in [0.5, 0.6) is 5.88 Å². The van der Waals surface area contributed by atoms with Crippen molar-refractivity contribution in [3.8, 4) is 11.6 Å². The highest BCUT2D eigenvalue weighted by atomic mass is 16.5. The summed E-state index contributed by atoms with van der Waals surface area (Å²) < 4.78 is 7.54. The zero-order valence-electron chi connectivity index (χ0n) is 17.3. The molecule has 6 nitrogen and oxygen atoms in total. The fourth-order valence-electron chi connectivity index (χ4n) is 3.54. The zero-order valence-corrected chi connectivity index (χ0v) is 17.3. The maximum atomic E-state index is 12.4. The van der Waals surface area contributed by atoms with E-state index in [1.54, 1.807) is 0 Å². The van der Waals surface area contributed by atoms with Crippen LogP contribution in [0.1, 0.15) is 29.8 Å². The van der Waals surface area contributed by atoms with Crippen molar-refractivity contribution in [1.82, 2.24) is 20.1 Å². The highest BCUT2D eigenvalue weighted by Crippen LogP contribution is 2.26. The van der Waals surface area contributed by atoms with Gasteiger partial charge in [0.05, 0.1) is 17.4 Å². The topological polar surface area (TPSA) is 69.0 Å². The van der Waals surface area contributed by atoms with Crippen LogP contribution in [0.3, 0.4) is 0 Å². The van der Waals surface area contributed by atoms with E-state index in [1.165, 1.54) is 0 Å². The van der Waals surface area contributed by atoms with Gasteiger partial charge in [0.25, 0.3) is 5.91 Å². The van der Waals surface area contributed by atoms with Gasteiger partial charge in [0.1, 0.15) is 0 Å². The summed E-state index contributed by atoms with van der Waals surface area (Å²) in [6.45, 7) is 5.81. The summed E-state index contributed by atoms with van der Waals surface area (Å²) in [7, 11) is 0. The van der Waals surface area contributed by atoms with E-state index in [-0.39, 0.29) is 18.6 Å². The lowest BCUT2D eigenvalue weighted by molar-refractivity contribution is -0.123. The molecule has 6 heteroatoms. The number of fused-ring (bicyclic) bond motifs is 1. The summed E-state index contributed by atoms with van der Waals surface area (Å²) in [5.41, 5.74) is 4.59. The zero-order chi connectivity index (χ0) is 21.1. The molecule has 0 saturated heterocycles. The average molecular weight is 400 g/mol. The van der Waals surface area contributed by atoms with Crippen LogP contribution in [-0.4, -0.2) is 27.3 Å². The number of hydrogen-bond donors (Lipinski definition) is 1. The molecule has 0 unspecified atom stereocenters. The fourth-order valence-corrected chi connectivity index (χ4v) is 3.54. The molecule has 2 heterocycles. The van der Waals surface area contributed by atoms with E-state index in [1.807, 2.05) is 92.2 Å². The molecule has 0 saturated carbocycles. The predicted octanol–water partition coefficient (Wildman–Crippen LogP) is 4.29. The summed E-state index contributed by atoms with van der Waals surface area (Å²) in [5.74, 6) is 0.207. The van der Waals surface area contributed by atoms with Crippen molar-refractivity contribution in [3.05, 3.63) is 83.6 Å². The normalized spacial score (nSPS) is 12.0. The maximum Gasteiger partial charge on any atom is 0.258 e. The summed E-state index contributed by atoms with van der Waals surface area (Å²) in [6.07, 6.45) is 0. The predicted molar refractivity (Wildman–Crippen MR) is 117 cm³/mol. The second kappa shape index (κ2) is 8.37. The molecule has 0 fully saturated rings. The largest absolute Gasteiger partial charge is 0.468 e. The molecule has 4 rings (SSSR count). The summed E-state index contributed by atoms with van der Waals surface area (Å²) in [4.78, 5) is 17.0. The third-order valence-corrected chi connectivity index (χ3v) is 5.02. The monoisotopic (exact) mass is 400 g/mol. The van der Waals surface area contributed by atoms with Crippen LogP contribution in [0.25, 0.3) is 16.7 Å². The Morgan fingerprint density at radius 1 is 1.07 bits per heavy atom. The van der Waals surface area contributed by atoms with Gasteiger partial charge < -0.3 is 10.1 Å². The molecular weight excluding hydrogens is 376 g/mol. The third-order valence-electron chi connectivity index (χ3n) is 5.02. The van der Waals surface area contributed by atoms with E-state index in [4.69, 9.17) is 4.74 Å². The Bertz CT molecular complexity index is 1170. The molecule has 152 valence electrons. The number of benzene rings is 2. The SMILES string of the molecule is Cc1cc(OCC(=O)N[C@H](C)c2ccccc2)nc2c1c(C)nn2-c1ccccc1. The van der Waals surface area contributed by atoms with Gasteiger partial charge in [-0.3, -0.25) is 4.79 Å². The van der Waals surface area contributed by atoms with Crippen LogP contribution >= 0.6 is 0 Å². The molecule has 2 aromatic carbocycles. The fraction of sp³-hybridized carbons (Fsp3) is 0.208. The Hall–Kier alpha value is -3.67. The van der Waals surface area contributed by atoms with E-state index < -0.39 is 0 Å². The van der Waals surface area contributed by atoms with Crippen molar-refractivity contribution >= 4 is 16.9 Å². The van der Waals surface area contributed by atoms with E-state index in [0.717, 1.165) is 27.9 Å². The molecule has 1 atom stereocenters. The van der Waals surface area contributed by atoms with Crippen molar-refractivity contribution in [2.24, 2.45) is 0 Å². The molecule has 0 aliphatic heterocycles. The second-order valence-corrected chi connectivity index (χ2v) is 7.30. The Labute approximate surface area is 175 Å². The number of carbonyl (C=O) groups excluding carboxylic acids is 1. The number of aryl methyl sites for hydroxylation is 2. The van der Waals surface area contributed by atoms with Gasteiger partial charge in [0.15, 0.2) is 12.3 Å². The number of rotatable bonds is 6. The molecule has 0 bridgehead atoms. The standard InChI is InChI=1S/C24H24N4O2/c1-16-14-22(30-15-21(29)25-17(2)19-10-6-4-7-11-19)26-24-23(16)18(3)27-28(24)20-12-8-5-9-13-20/h4-14,17H,15H2,1-3H3,(H,25,29)/t17-/m1/s1. The number of aromatic nitrogens is 3. The van der Waals surface area contributed by atoms with Crippen LogP contribution in [0.2, 0.25) is 0 Å². The van der Waals surface area contributed by atoms with Crippen molar-refractivity contribution < 1.29 is 9.53 Å². The first-order valence-electron chi connectivity index (χ1n) is 9.92. The molecular formula is C24H24N4O2. The van der Waals surface area contributed by atoms with Gasteiger partial charge in [-0.1, -0.05) is 48.5 Å². The summed E-state index contributed by atoms with van der Waals surface area (Å²) >= 11 is 0. The number of amides is 1. The first-order chi connectivity index (χ1) is 14.5. The number of ether oxygens (including phenoxy) is 1. The minimum Gasteiger partial charge on any atom is -0.468 e. The molecule has 0 spiro atoms. The Kier molecular flexibility index (Phi) is 5.48. The molecule has 4 aromatic rings. The first kappa shape index (κ1) is 19.6. The lowest BCUT2D eigenvalue weighted by atomic mass is 10.1. The number of nitrogens with zero attached hydrogens (tertiary/aromatic N) is 3. The summed E-state index contributed by atoms with van der Waals surface area (Å²) in [6, 6.07) is 21.4. The molecule has 1 amide bonds. The quantitative estimate of drug-likeness (QED) is 0.524. The number of hydrogen-bond acceptors (Lipinski definition) is 4. The minimum atomic E-state index is -0.196. The average Bonchev–Trinajstić information content (AvgIpc) is 3.10. The molecule has 0 aliphatic rings. The second-order valence-electron chi connectivity index (χ2n) is 7.30. The number of pyridine rings is 1. The van der Waals surface area contributed by atoms with Gasteiger partial charge in [0, 0.05) is 11.5 Å². The maximum absolute atomic E-state index is 12.4. The van der Waals surface area contributed by atoms with Gasteiger partial charge >= 0.3 is 0 Å². The number of para-hydroxylation sites is 1. The highest BCUT2D eigenvalue weighted by molar-refractivity contribution is 5.84. The van der Waals surface area contributed by atoms with Crippen molar-refractivity contribution in [2.75, 3.05) is 6.61 Å². The van der Waals surface area contributed by atoms with E-state index >= 15 is 0 Å². The lowest BCUT2D eigenvalue weighted by Gasteiger charge is -2.14. The van der Waals surface area contributed by atoms with Crippen LogP contribution in [0.4, 0.5) is 0 Å². The smallest absolute Gasteiger partial charge is 0.258 e. The number of carbonyl (C=O) groups is 1. The third kappa shape index (κ3) is 4.03. The summed E-state index contributed by atoms with van der Waals surface area (Å²) in [5, 5.41) is 8.59. The van der Waals surface area contributed by atoms with Crippen LogP contribution < -0.4 is 10.1 Å². The first-order valence-corrected chi connectivity index (χ1v) is 9.92. The Balaban J connectivity index is 1.53. The Morgan fingerprint density at radius 3 is 2.43 bits per heavy atom. The van der Waals surface area contributed by atoms with Crippen LogP contribution in [0, 0.1) is 13.8 Å². The van der Waals surface area contributed by atoms with Gasteiger partial charge in [-0.15, -0.1) is 0 Å². The van der Waals surface area contributed by atoms with E-state index in [9.17, 15) is 4.79 Å². The van der Waals surface area contributed by atoms with Gasteiger partial charge in [-0.25, -0.2) is 4.68 Å². The van der Waals surface area contributed by atoms with Crippen molar-refractivity contribution in [1.29, 1.82) is 0 Å². The van der Waals surface area contributed by atoms with E-state index in [2.05, 4.69) is 15.4 Å².